The van der Waals surface area contributed by atoms with Crippen LogP contribution < -0.4 is 0 Å². The van der Waals surface area contributed by atoms with E-state index in [0.29, 0.717) is 0 Å². The topological polar surface area (TPSA) is 18.5 Å². The van der Waals surface area contributed by atoms with E-state index >= 15 is 0 Å². The quantitative estimate of drug-likeness (QED) is 0.540. The molecule has 1 radical (unpaired) electrons. The molecule has 1 rings (SSSR count). The molecule has 0 aliphatic carbocycles. The Balaban J connectivity index is 2.44. The smallest absolute Gasteiger partial charge is 0.413 e. The van der Waals surface area contributed by atoms with Crippen LogP contribution in [0.5, 0.6) is 0 Å². The van der Waals surface area contributed by atoms with Crippen LogP contribution in [0.3, 0.4) is 0 Å². The van der Waals surface area contributed by atoms with E-state index in [1.54, 1.807) is 0 Å². The lowest BCUT2D eigenvalue weighted by Gasteiger charge is -2.34. The highest BCUT2D eigenvalue weighted by molar-refractivity contribution is 6.18. The minimum Gasteiger partial charge on any atom is -0.413 e. The van der Waals surface area contributed by atoms with Crippen molar-refractivity contribution in [3.63, 3.8) is 0 Å². The summed E-state index contributed by atoms with van der Waals surface area (Å²) in [6.07, 6.45) is 2.27. The molecule has 1 aliphatic rings. The molecule has 0 aromatic heterocycles. The lowest BCUT2D eigenvalue weighted by molar-refractivity contribution is 0.0119. The summed E-state index contributed by atoms with van der Waals surface area (Å²) in [5, 5.41) is 0. The Kier molecular flexibility index (Phi) is 2.75. The summed E-state index contributed by atoms with van der Waals surface area (Å²) in [6.45, 7) is 6.00. The van der Waals surface area contributed by atoms with Crippen LogP contribution >= 0.6 is 0 Å². The van der Waals surface area contributed by atoms with Crippen LogP contribution in [-0.2, 0) is 9.31 Å². The first-order valence-corrected chi connectivity index (χ1v) is 3.88. The molecule has 0 atom stereocenters. The van der Waals surface area contributed by atoms with Crippen LogP contribution in [0.2, 0.25) is 0 Å². The maximum absolute atomic E-state index is 5.12. The summed E-state index contributed by atoms with van der Waals surface area (Å²) in [5.41, 5.74) is 0.286. The Labute approximate surface area is 63.2 Å². The van der Waals surface area contributed by atoms with Gasteiger partial charge in [0.25, 0.3) is 0 Å². The van der Waals surface area contributed by atoms with Gasteiger partial charge in [-0.15, -0.1) is 0 Å². The summed E-state index contributed by atoms with van der Waals surface area (Å²) in [6, 6.07) is 0. The van der Waals surface area contributed by atoms with Crippen molar-refractivity contribution in [2.45, 2.75) is 26.7 Å². The fourth-order valence-electron chi connectivity index (χ4n) is 1.17. The lowest BCUT2D eigenvalue weighted by Crippen LogP contribution is -2.37. The van der Waals surface area contributed by atoms with E-state index in [0.717, 1.165) is 26.1 Å². The molecule has 2 nitrogen and oxygen atoms in total. The molecule has 3 heteroatoms. The van der Waals surface area contributed by atoms with E-state index in [2.05, 4.69) is 13.8 Å². The van der Waals surface area contributed by atoms with E-state index in [9.17, 15) is 0 Å². The van der Waals surface area contributed by atoms with Crippen molar-refractivity contribution < 1.29 is 9.31 Å². The molecule has 1 fully saturated rings. The standard InChI is InChI=1S/C7H14BO2/c1-3-7(4-2)5-9-8-10-6-7/h3-6H2,1-2H3. The van der Waals surface area contributed by atoms with Gasteiger partial charge in [0, 0.05) is 18.6 Å². The zero-order chi connectivity index (χ0) is 7.45. The summed E-state index contributed by atoms with van der Waals surface area (Å²) in [5.74, 6) is 0. The van der Waals surface area contributed by atoms with Gasteiger partial charge in [-0.05, 0) is 12.8 Å². The van der Waals surface area contributed by atoms with Gasteiger partial charge < -0.3 is 9.31 Å². The molecule has 0 aromatic carbocycles. The number of hydrogen-bond acceptors (Lipinski definition) is 2. The first-order valence-electron chi connectivity index (χ1n) is 3.88. The molecule has 0 amide bonds. The fourth-order valence-corrected chi connectivity index (χ4v) is 1.17. The lowest BCUT2D eigenvalue weighted by atomic mass is 9.83. The predicted octanol–water partition coefficient (Wildman–Crippen LogP) is 1.37. The van der Waals surface area contributed by atoms with Crippen molar-refractivity contribution in [1.82, 2.24) is 0 Å². The van der Waals surface area contributed by atoms with Gasteiger partial charge in [0.15, 0.2) is 0 Å². The van der Waals surface area contributed by atoms with Gasteiger partial charge in [-0.1, -0.05) is 13.8 Å². The van der Waals surface area contributed by atoms with E-state index in [4.69, 9.17) is 9.31 Å². The molecule has 1 saturated heterocycles. The van der Waals surface area contributed by atoms with E-state index in [1.165, 1.54) is 7.69 Å². The molecular formula is C7H14BO2. The normalized spacial score (nSPS) is 23.8. The molecule has 0 N–H and O–H groups in total. The summed E-state index contributed by atoms with van der Waals surface area (Å²) < 4.78 is 10.2. The first kappa shape index (κ1) is 8.09. The highest BCUT2D eigenvalue weighted by atomic mass is 16.6. The van der Waals surface area contributed by atoms with Crippen molar-refractivity contribution in [3.05, 3.63) is 0 Å². The van der Waals surface area contributed by atoms with Gasteiger partial charge >= 0.3 is 7.69 Å². The van der Waals surface area contributed by atoms with Gasteiger partial charge in [-0.3, -0.25) is 0 Å². The zero-order valence-electron chi connectivity index (χ0n) is 6.72. The summed E-state index contributed by atoms with van der Waals surface area (Å²) >= 11 is 0. The van der Waals surface area contributed by atoms with Crippen molar-refractivity contribution in [3.8, 4) is 0 Å². The molecule has 0 aromatic rings. The van der Waals surface area contributed by atoms with Crippen LogP contribution in [0.4, 0.5) is 0 Å². The molecule has 0 saturated carbocycles. The second-order valence-corrected chi connectivity index (χ2v) is 2.93. The van der Waals surface area contributed by atoms with Gasteiger partial charge in [0.05, 0.1) is 0 Å². The van der Waals surface area contributed by atoms with Crippen LogP contribution in [0.25, 0.3) is 0 Å². The predicted molar refractivity (Wildman–Crippen MR) is 40.7 cm³/mol. The monoisotopic (exact) mass is 141 g/mol. The van der Waals surface area contributed by atoms with Crippen LogP contribution in [-0.4, -0.2) is 20.9 Å². The molecular weight excluding hydrogens is 127 g/mol. The zero-order valence-corrected chi connectivity index (χ0v) is 6.72. The van der Waals surface area contributed by atoms with Gasteiger partial charge in [-0.25, -0.2) is 0 Å². The van der Waals surface area contributed by atoms with Crippen molar-refractivity contribution in [1.29, 1.82) is 0 Å². The van der Waals surface area contributed by atoms with Crippen molar-refractivity contribution in [2.24, 2.45) is 5.41 Å². The van der Waals surface area contributed by atoms with Gasteiger partial charge in [-0.2, -0.15) is 0 Å². The average molecular weight is 141 g/mol. The SMILES string of the molecule is CCC1(CC)CO[B]OC1. The third kappa shape index (κ3) is 1.52. The number of hydrogen-bond donors (Lipinski definition) is 0. The van der Waals surface area contributed by atoms with E-state index < -0.39 is 0 Å². The summed E-state index contributed by atoms with van der Waals surface area (Å²) in [7, 11) is 1.45. The second kappa shape index (κ2) is 3.40. The third-order valence-electron chi connectivity index (χ3n) is 2.42. The summed E-state index contributed by atoms with van der Waals surface area (Å²) in [4.78, 5) is 0. The molecule has 0 bridgehead atoms. The van der Waals surface area contributed by atoms with E-state index in [-0.39, 0.29) is 5.41 Å². The van der Waals surface area contributed by atoms with Crippen LogP contribution in [0, 0.1) is 5.41 Å². The maximum Gasteiger partial charge on any atom is 0.488 e. The van der Waals surface area contributed by atoms with Gasteiger partial charge in [0.1, 0.15) is 0 Å². The van der Waals surface area contributed by atoms with Gasteiger partial charge in [0.2, 0.25) is 0 Å². The molecule has 1 aliphatic heterocycles. The van der Waals surface area contributed by atoms with E-state index in [1.807, 2.05) is 0 Å². The Morgan fingerprint density at radius 1 is 1.20 bits per heavy atom. The molecule has 57 valence electrons. The molecule has 0 spiro atoms. The second-order valence-electron chi connectivity index (χ2n) is 2.93. The highest BCUT2D eigenvalue weighted by Gasteiger charge is 2.30. The Morgan fingerprint density at radius 3 is 2.00 bits per heavy atom. The van der Waals surface area contributed by atoms with Crippen LogP contribution in [0.15, 0.2) is 0 Å². The van der Waals surface area contributed by atoms with Crippen LogP contribution in [0.1, 0.15) is 26.7 Å². The van der Waals surface area contributed by atoms with Crippen molar-refractivity contribution >= 4 is 7.69 Å². The molecule has 0 unspecified atom stereocenters. The molecule has 10 heavy (non-hydrogen) atoms. The van der Waals surface area contributed by atoms with Crippen molar-refractivity contribution in [2.75, 3.05) is 13.2 Å². The highest BCUT2D eigenvalue weighted by Crippen LogP contribution is 2.28. The first-order chi connectivity index (χ1) is 4.83. The third-order valence-corrected chi connectivity index (χ3v) is 2.42. The Bertz CT molecular complexity index is 93.8. The minimum absolute atomic E-state index is 0.286. The largest absolute Gasteiger partial charge is 0.488 e. The fraction of sp³-hybridized carbons (Fsp3) is 1.00. The number of rotatable bonds is 2. The minimum atomic E-state index is 0.286. The average Bonchev–Trinajstić information content (AvgIpc) is 2.06. The molecule has 1 heterocycles. The Morgan fingerprint density at radius 2 is 1.70 bits per heavy atom. The maximum atomic E-state index is 5.12. The Hall–Kier alpha value is -0.0151.